The van der Waals surface area contributed by atoms with Crippen molar-refractivity contribution in [1.82, 2.24) is 5.32 Å². The predicted octanol–water partition coefficient (Wildman–Crippen LogP) is 2.06. The van der Waals surface area contributed by atoms with Crippen LogP contribution >= 0.6 is 12.2 Å². The second kappa shape index (κ2) is 6.31. The smallest absolute Gasteiger partial charge is 0.331 e. The standard InChI is InChI=1S/C12H23NO3S/c1-11(2,3)15-7-9(13-8-17)10(14)16-12(4,5)6/h8-9H,7H2,1-6H3,(H,13,17). The topological polar surface area (TPSA) is 47.6 Å². The van der Waals surface area contributed by atoms with E-state index in [2.05, 4.69) is 5.32 Å². The van der Waals surface area contributed by atoms with E-state index in [0.29, 0.717) is 0 Å². The first kappa shape index (κ1) is 16.3. The van der Waals surface area contributed by atoms with Crippen LogP contribution in [0.2, 0.25) is 0 Å². The molecule has 0 aromatic carbocycles. The molecule has 0 heterocycles. The molecule has 17 heavy (non-hydrogen) atoms. The first-order valence-electron chi connectivity index (χ1n) is 5.62. The maximum Gasteiger partial charge on any atom is 0.331 e. The normalized spacial score (nSPS) is 14.0. The van der Waals surface area contributed by atoms with E-state index >= 15 is 0 Å². The molecular weight excluding hydrogens is 238 g/mol. The molecule has 0 radical (unpaired) electrons. The summed E-state index contributed by atoms with van der Waals surface area (Å²) in [5.74, 6) is -0.358. The lowest BCUT2D eigenvalue weighted by Gasteiger charge is -2.26. The fourth-order valence-corrected chi connectivity index (χ4v) is 1.14. The molecule has 0 aromatic rings. The molecule has 1 atom stereocenters. The second-order valence-electron chi connectivity index (χ2n) is 5.79. The highest BCUT2D eigenvalue weighted by Crippen LogP contribution is 2.11. The quantitative estimate of drug-likeness (QED) is 0.606. The van der Waals surface area contributed by atoms with Crippen LogP contribution in [-0.2, 0) is 14.3 Å². The molecule has 1 N–H and O–H groups in total. The van der Waals surface area contributed by atoms with E-state index in [-0.39, 0.29) is 18.2 Å². The number of hydrogen-bond donors (Lipinski definition) is 1. The van der Waals surface area contributed by atoms with E-state index in [1.54, 1.807) is 0 Å². The summed E-state index contributed by atoms with van der Waals surface area (Å²) in [6.45, 7) is 11.5. The number of ether oxygens (including phenoxy) is 2. The molecule has 0 bridgehead atoms. The van der Waals surface area contributed by atoms with Crippen LogP contribution in [0.3, 0.4) is 0 Å². The number of carbonyl (C=O) groups excluding carboxylic acids is 1. The van der Waals surface area contributed by atoms with Crippen LogP contribution < -0.4 is 5.32 Å². The van der Waals surface area contributed by atoms with Gasteiger partial charge in [0.05, 0.1) is 17.7 Å². The Balaban J connectivity index is 4.41. The van der Waals surface area contributed by atoms with Crippen LogP contribution in [-0.4, -0.2) is 35.3 Å². The number of carbonyl (C=O) groups is 1. The van der Waals surface area contributed by atoms with Gasteiger partial charge in [0.2, 0.25) is 0 Å². The number of rotatable bonds is 5. The van der Waals surface area contributed by atoms with Gasteiger partial charge in [-0.3, -0.25) is 0 Å². The van der Waals surface area contributed by atoms with Crippen LogP contribution in [0.1, 0.15) is 41.5 Å². The van der Waals surface area contributed by atoms with E-state index in [4.69, 9.17) is 21.7 Å². The summed E-state index contributed by atoms with van der Waals surface area (Å²) in [4.78, 5) is 11.8. The number of thiocarbonyl (C=S) groups is 1. The van der Waals surface area contributed by atoms with Crippen LogP contribution in [0.4, 0.5) is 0 Å². The Morgan fingerprint density at radius 2 is 1.76 bits per heavy atom. The Morgan fingerprint density at radius 1 is 1.24 bits per heavy atom. The lowest BCUT2D eigenvalue weighted by Crippen LogP contribution is -2.45. The minimum Gasteiger partial charge on any atom is -0.458 e. The molecule has 0 aliphatic carbocycles. The summed E-state index contributed by atoms with van der Waals surface area (Å²) in [6, 6.07) is -0.564. The minimum atomic E-state index is -0.564. The lowest BCUT2D eigenvalue weighted by atomic mass is 10.2. The molecule has 0 fully saturated rings. The van der Waals surface area contributed by atoms with Gasteiger partial charge in [0.1, 0.15) is 11.6 Å². The lowest BCUT2D eigenvalue weighted by molar-refractivity contribution is -0.159. The summed E-state index contributed by atoms with van der Waals surface area (Å²) in [7, 11) is 0. The van der Waals surface area contributed by atoms with E-state index in [0.717, 1.165) is 0 Å². The maximum absolute atomic E-state index is 11.8. The van der Waals surface area contributed by atoms with Gasteiger partial charge in [-0.15, -0.1) is 0 Å². The molecule has 0 aliphatic rings. The Morgan fingerprint density at radius 3 is 2.12 bits per heavy atom. The molecule has 5 heteroatoms. The number of nitrogens with one attached hydrogen (secondary N) is 1. The fourth-order valence-electron chi connectivity index (χ4n) is 0.973. The van der Waals surface area contributed by atoms with Crippen molar-refractivity contribution in [3.63, 3.8) is 0 Å². The molecule has 100 valence electrons. The summed E-state index contributed by atoms with van der Waals surface area (Å²) in [6.07, 6.45) is 0. The van der Waals surface area contributed by atoms with Crippen molar-refractivity contribution in [2.75, 3.05) is 6.61 Å². The maximum atomic E-state index is 11.8. The van der Waals surface area contributed by atoms with E-state index < -0.39 is 11.6 Å². The van der Waals surface area contributed by atoms with Gasteiger partial charge in [-0.05, 0) is 41.5 Å². The molecule has 1 unspecified atom stereocenters. The van der Waals surface area contributed by atoms with Crippen LogP contribution in [0.5, 0.6) is 0 Å². The highest BCUT2D eigenvalue weighted by molar-refractivity contribution is 7.78. The van der Waals surface area contributed by atoms with Crippen LogP contribution in [0.25, 0.3) is 0 Å². The number of hydrogen-bond acceptors (Lipinski definition) is 4. The van der Waals surface area contributed by atoms with Crippen LogP contribution in [0.15, 0.2) is 0 Å². The average Bonchev–Trinajstić information content (AvgIpc) is 2.07. The minimum absolute atomic E-state index is 0.228. The van der Waals surface area contributed by atoms with Crippen molar-refractivity contribution < 1.29 is 14.3 Å². The van der Waals surface area contributed by atoms with Crippen molar-refractivity contribution in [3.05, 3.63) is 0 Å². The summed E-state index contributed by atoms with van der Waals surface area (Å²) in [5, 5.41) is 2.77. The largest absolute Gasteiger partial charge is 0.458 e. The third kappa shape index (κ3) is 9.06. The van der Waals surface area contributed by atoms with Crippen molar-refractivity contribution >= 4 is 23.7 Å². The van der Waals surface area contributed by atoms with Crippen molar-refractivity contribution in [3.8, 4) is 0 Å². The third-order valence-electron chi connectivity index (χ3n) is 1.64. The first-order chi connectivity index (χ1) is 7.55. The molecule has 0 rings (SSSR count). The van der Waals surface area contributed by atoms with E-state index in [9.17, 15) is 4.79 Å². The van der Waals surface area contributed by atoms with Gasteiger partial charge in [0, 0.05) is 0 Å². The summed E-state index contributed by atoms with van der Waals surface area (Å²) in [5.41, 5.74) is 0.490. The molecule has 0 saturated carbocycles. The Kier molecular flexibility index (Phi) is 6.05. The summed E-state index contributed by atoms with van der Waals surface area (Å²) >= 11 is 4.70. The van der Waals surface area contributed by atoms with Gasteiger partial charge < -0.3 is 14.8 Å². The molecule has 0 saturated heterocycles. The second-order valence-corrected chi connectivity index (χ2v) is 6.03. The van der Waals surface area contributed by atoms with Gasteiger partial charge in [-0.1, -0.05) is 12.2 Å². The van der Waals surface area contributed by atoms with Crippen molar-refractivity contribution in [2.24, 2.45) is 0 Å². The van der Waals surface area contributed by atoms with Gasteiger partial charge in [-0.25, -0.2) is 4.79 Å². The summed E-state index contributed by atoms with van der Waals surface area (Å²) < 4.78 is 10.8. The Labute approximate surface area is 109 Å². The van der Waals surface area contributed by atoms with Gasteiger partial charge >= 0.3 is 5.97 Å². The molecular formula is C12H23NO3S. The van der Waals surface area contributed by atoms with Crippen LogP contribution in [0, 0.1) is 0 Å². The first-order valence-corrected chi connectivity index (χ1v) is 6.09. The average molecular weight is 261 g/mol. The zero-order valence-electron chi connectivity index (χ0n) is 11.5. The Hall–Kier alpha value is -0.680. The molecule has 0 spiro atoms. The van der Waals surface area contributed by atoms with Crippen molar-refractivity contribution in [1.29, 1.82) is 0 Å². The Bertz CT molecular complexity index is 266. The molecule has 0 aromatic heterocycles. The SMILES string of the molecule is CC(C)(C)OCC(NC=S)C(=O)OC(C)(C)C. The van der Waals surface area contributed by atoms with Gasteiger partial charge in [0.15, 0.2) is 0 Å². The zero-order chi connectivity index (χ0) is 13.7. The monoisotopic (exact) mass is 261 g/mol. The number of esters is 1. The van der Waals surface area contributed by atoms with E-state index in [1.165, 1.54) is 5.49 Å². The van der Waals surface area contributed by atoms with E-state index in [1.807, 2.05) is 41.5 Å². The molecule has 4 nitrogen and oxygen atoms in total. The highest BCUT2D eigenvalue weighted by atomic mass is 32.1. The molecule has 0 aliphatic heterocycles. The van der Waals surface area contributed by atoms with Gasteiger partial charge in [-0.2, -0.15) is 0 Å². The zero-order valence-corrected chi connectivity index (χ0v) is 12.3. The fraction of sp³-hybridized carbons (Fsp3) is 0.833. The predicted molar refractivity (Wildman–Crippen MR) is 72.1 cm³/mol. The van der Waals surface area contributed by atoms with Gasteiger partial charge in [0.25, 0.3) is 0 Å². The molecule has 0 amide bonds. The third-order valence-corrected chi connectivity index (χ3v) is 1.78. The highest BCUT2D eigenvalue weighted by Gasteiger charge is 2.26. The van der Waals surface area contributed by atoms with Crippen molar-refractivity contribution in [2.45, 2.75) is 58.8 Å².